The van der Waals surface area contributed by atoms with Crippen molar-refractivity contribution >= 4 is 0 Å². The zero-order valence-electron chi connectivity index (χ0n) is 11.3. The quantitative estimate of drug-likeness (QED) is 0.825. The van der Waals surface area contributed by atoms with Crippen molar-refractivity contribution in [1.29, 1.82) is 5.26 Å². The smallest absolute Gasteiger partial charge is 0.269 e. The van der Waals surface area contributed by atoms with Crippen LogP contribution in [0.2, 0.25) is 0 Å². The Labute approximate surface area is 112 Å². The van der Waals surface area contributed by atoms with Crippen molar-refractivity contribution in [2.75, 3.05) is 0 Å². The van der Waals surface area contributed by atoms with Crippen molar-refractivity contribution in [3.05, 3.63) is 69.1 Å². The standard InChI is InChI=1S/C16H16N2O/c1-11-10-18(16(19)15(9-17)12(11)2)13(3)14-7-5-4-6-8-14/h4-8,10,13H,1-3H3. The Bertz CT molecular complexity index is 693. The SMILES string of the molecule is Cc1cn(C(C)c2ccccc2)c(=O)c(C#N)c1C. The predicted molar refractivity (Wildman–Crippen MR) is 75.1 cm³/mol. The van der Waals surface area contributed by atoms with Gasteiger partial charge in [0.05, 0.1) is 6.04 Å². The van der Waals surface area contributed by atoms with E-state index >= 15 is 0 Å². The van der Waals surface area contributed by atoms with Crippen LogP contribution >= 0.6 is 0 Å². The van der Waals surface area contributed by atoms with Crippen LogP contribution in [0.25, 0.3) is 0 Å². The molecule has 96 valence electrons. The molecule has 3 heteroatoms. The molecule has 0 aliphatic heterocycles. The van der Waals surface area contributed by atoms with Gasteiger partial charge in [0.15, 0.2) is 0 Å². The van der Waals surface area contributed by atoms with Gasteiger partial charge in [-0.2, -0.15) is 5.26 Å². The first-order valence-corrected chi connectivity index (χ1v) is 6.23. The predicted octanol–water partition coefficient (Wildman–Crippen LogP) is 2.95. The summed E-state index contributed by atoms with van der Waals surface area (Å²) in [5.74, 6) is 0. The van der Waals surface area contributed by atoms with Gasteiger partial charge in [-0.25, -0.2) is 0 Å². The second kappa shape index (κ2) is 5.11. The van der Waals surface area contributed by atoms with Gasteiger partial charge in [-0.3, -0.25) is 4.79 Å². The van der Waals surface area contributed by atoms with Crippen LogP contribution in [0.4, 0.5) is 0 Å². The molecule has 1 aromatic carbocycles. The number of nitrogens with zero attached hydrogens (tertiary/aromatic N) is 2. The number of hydrogen-bond acceptors (Lipinski definition) is 2. The molecule has 0 N–H and O–H groups in total. The molecule has 0 fully saturated rings. The first-order chi connectivity index (χ1) is 9.06. The summed E-state index contributed by atoms with van der Waals surface area (Å²) in [5, 5.41) is 9.14. The summed E-state index contributed by atoms with van der Waals surface area (Å²) in [7, 11) is 0. The van der Waals surface area contributed by atoms with E-state index in [1.807, 2.05) is 63.4 Å². The van der Waals surface area contributed by atoms with Gasteiger partial charge in [-0.1, -0.05) is 30.3 Å². The summed E-state index contributed by atoms with van der Waals surface area (Å²) in [5.41, 5.74) is 2.80. The number of hydrogen-bond donors (Lipinski definition) is 0. The molecule has 0 spiro atoms. The lowest BCUT2D eigenvalue weighted by atomic mass is 10.0. The average molecular weight is 252 g/mol. The zero-order valence-corrected chi connectivity index (χ0v) is 11.3. The average Bonchev–Trinajstić information content (AvgIpc) is 2.44. The molecular formula is C16H16N2O. The highest BCUT2D eigenvalue weighted by Gasteiger charge is 2.14. The third kappa shape index (κ3) is 2.30. The van der Waals surface area contributed by atoms with Gasteiger partial charge in [0.2, 0.25) is 0 Å². The largest absolute Gasteiger partial charge is 0.307 e. The maximum absolute atomic E-state index is 12.3. The minimum absolute atomic E-state index is 0.0832. The molecule has 2 rings (SSSR count). The highest BCUT2D eigenvalue weighted by molar-refractivity contribution is 5.39. The van der Waals surface area contributed by atoms with Crippen LogP contribution in [-0.2, 0) is 0 Å². The molecule has 19 heavy (non-hydrogen) atoms. The highest BCUT2D eigenvalue weighted by atomic mass is 16.1. The minimum atomic E-state index is -0.220. The normalized spacial score (nSPS) is 11.9. The summed E-state index contributed by atoms with van der Waals surface area (Å²) in [4.78, 5) is 12.3. The Balaban J connectivity index is 2.62. The maximum atomic E-state index is 12.3. The zero-order chi connectivity index (χ0) is 14.0. The Morgan fingerprint density at radius 2 is 1.84 bits per heavy atom. The molecule has 3 nitrogen and oxygen atoms in total. The molecule has 0 radical (unpaired) electrons. The third-order valence-electron chi connectivity index (χ3n) is 3.56. The van der Waals surface area contributed by atoms with Crippen LogP contribution in [0.3, 0.4) is 0 Å². The number of aryl methyl sites for hydroxylation is 1. The monoisotopic (exact) mass is 252 g/mol. The highest BCUT2D eigenvalue weighted by Crippen LogP contribution is 2.18. The van der Waals surface area contributed by atoms with Gasteiger partial charge >= 0.3 is 0 Å². The lowest BCUT2D eigenvalue weighted by molar-refractivity contribution is 0.609. The lowest BCUT2D eigenvalue weighted by Crippen LogP contribution is -2.27. The number of benzene rings is 1. The second-order valence-corrected chi connectivity index (χ2v) is 4.72. The van der Waals surface area contributed by atoms with Gasteiger partial charge < -0.3 is 4.57 Å². The molecule has 0 saturated carbocycles. The number of pyridine rings is 1. The Hall–Kier alpha value is -2.34. The van der Waals surface area contributed by atoms with E-state index in [4.69, 9.17) is 5.26 Å². The molecule has 0 aliphatic rings. The van der Waals surface area contributed by atoms with Gasteiger partial charge in [-0.05, 0) is 37.5 Å². The topological polar surface area (TPSA) is 45.8 Å². The lowest BCUT2D eigenvalue weighted by Gasteiger charge is -2.17. The van der Waals surface area contributed by atoms with E-state index < -0.39 is 0 Å². The van der Waals surface area contributed by atoms with E-state index in [1.54, 1.807) is 4.57 Å². The van der Waals surface area contributed by atoms with Crippen molar-refractivity contribution in [2.24, 2.45) is 0 Å². The van der Waals surface area contributed by atoms with Crippen molar-refractivity contribution < 1.29 is 0 Å². The summed E-state index contributed by atoms with van der Waals surface area (Å²) < 4.78 is 1.64. The molecule has 1 aromatic heterocycles. The van der Waals surface area contributed by atoms with Crippen LogP contribution in [-0.4, -0.2) is 4.57 Å². The van der Waals surface area contributed by atoms with E-state index in [2.05, 4.69) is 0 Å². The van der Waals surface area contributed by atoms with Crippen LogP contribution in [0.15, 0.2) is 41.3 Å². The van der Waals surface area contributed by atoms with Gasteiger partial charge in [0, 0.05) is 6.20 Å². The van der Waals surface area contributed by atoms with Crippen molar-refractivity contribution in [3.8, 4) is 6.07 Å². The molecule has 0 saturated heterocycles. The van der Waals surface area contributed by atoms with Gasteiger partial charge in [0.25, 0.3) is 5.56 Å². The van der Waals surface area contributed by atoms with Crippen molar-refractivity contribution in [2.45, 2.75) is 26.8 Å². The molecule has 1 heterocycles. The Morgan fingerprint density at radius 3 is 2.42 bits per heavy atom. The van der Waals surface area contributed by atoms with Crippen LogP contribution in [0.1, 0.15) is 35.2 Å². The van der Waals surface area contributed by atoms with E-state index in [1.165, 1.54) is 0 Å². The molecule has 0 amide bonds. The van der Waals surface area contributed by atoms with E-state index in [0.29, 0.717) is 0 Å². The first kappa shape index (κ1) is 13.1. The Kier molecular flexibility index (Phi) is 3.52. The fourth-order valence-electron chi connectivity index (χ4n) is 2.16. The third-order valence-corrected chi connectivity index (χ3v) is 3.56. The number of aromatic nitrogens is 1. The Morgan fingerprint density at radius 1 is 1.21 bits per heavy atom. The summed E-state index contributed by atoms with van der Waals surface area (Å²) in [6.07, 6.45) is 1.83. The molecular weight excluding hydrogens is 236 g/mol. The number of rotatable bonds is 2. The van der Waals surface area contributed by atoms with E-state index in [9.17, 15) is 4.79 Å². The fraction of sp³-hybridized carbons (Fsp3) is 0.250. The molecule has 2 aromatic rings. The molecule has 0 aliphatic carbocycles. The summed E-state index contributed by atoms with van der Waals surface area (Å²) >= 11 is 0. The van der Waals surface area contributed by atoms with Crippen LogP contribution in [0, 0.1) is 25.2 Å². The fourth-order valence-corrected chi connectivity index (χ4v) is 2.16. The van der Waals surface area contributed by atoms with E-state index in [-0.39, 0.29) is 17.2 Å². The minimum Gasteiger partial charge on any atom is -0.307 e. The van der Waals surface area contributed by atoms with Crippen molar-refractivity contribution in [1.82, 2.24) is 4.57 Å². The maximum Gasteiger partial charge on any atom is 0.269 e. The van der Waals surface area contributed by atoms with Gasteiger partial charge in [0.1, 0.15) is 11.6 Å². The molecule has 1 unspecified atom stereocenters. The molecule has 0 bridgehead atoms. The molecule has 1 atom stereocenters. The van der Waals surface area contributed by atoms with Crippen LogP contribution in [0.5, 0.6) is 0 Å². The summed E-state index contributed by atoms with van der Waals surface area (Å²) in [6.45, 7) is 5.70. The first-order valence-electron chi connectivity index (χ1n) is 6.23. The second-order valence-electron chi connectivity index (χ2n) is 4.72. The summed E-state index contributed by atoms with van der Waals surface area (Å²) in [6, 6.07) is 11.7. The number of nitriles is 1. The van der Waals surface area contributed by atoms with E-state index in [0.717, 1.165) is 16.7 Å². The van der Waals surface area contributed by atoms with Crippen molar-refractivity contribution in [3.63, 3.8) is 0 Å². The van der Waals surface area contributed by atoms with Gasteiger partial charge in [-0.15, -0.1) is 0 Å². The van der Waals surface area contributed by atoms with Crippen LogP contribution < -0.4 is 5.56 Å².